The van der Waals surface area contributed by atoms with Crippen molar-refractivity contribution in [3.63, 3.8) is 0 Å². The van der Waals surface area contributed by atoms with Crippen LogP contribution in [0.3, 0.4) is 0 Å². The van der Waals surface area contributed by atoms with E-state index in [0.29, 0.717) is 0 Å². The average Bonchev–Trinajstić information content (AvgIpc) is 3.10. The molecule has 1 N–H and O–H groups in total. The van der Waals surface area contributed by atoms with Crippen molar-refractivity contribution in [2.75, 3.05) is 50.6 Å². The number of methoxy groups -OCH3 is 2. The van der Waals surface area contributed by atoms with Gasteiger partial charge in [0, 0.05) is 44.2 Å². The van der Waals surface area contributed by atoms with Gasteiger partial charge in [-0.15, -0.1) is 0 Å². The van der Waals surface area contributed by atoms with Gasteiger partial charge in [-0.3, -0.25) is 9.69 Å². The van der Waals surface area contributed by atoms with E-state index < -0.39 is 0 Å². The van der Waals surface area contributed by atoms with Crippen LogP contribution in [-0.2, 0) is 11.3 Å². The van der Waals surface area contributed by atoms with Gasteiger partial charge in [0.2, 0.25) is 5.91 Å². The second-order valence-corrected chi connectivity index (χ2v) is 9.02. The monoisotopic (exact) mass is 452 g/mol. The maximum Gasteiger partial charge on any atom is 0.227 e. The number of nitrogens with zero attached hydrogens (tertiary/aromatic N) is 3. The van der Waals surface area contributed by atoms with Crippen LogP contribution < -0.4 is 19.7 Å². The fourth-order valence-corrected chi connectivity index (χ4v) is 4.86. The quantitative estimate of drug-likeness (QED) is 0.675. The van der Waals surface area contributed by atoms with Crippen LogP contribution >= 0.6 is 0 Å². The molecule has 0 unspecified atom stereocenters. The van der Waals surface area contributed by atoms with Gasteiger partial charge in [-0.2, -0.15) is 0 Å². The number of ether oxygens (including phenoxy) is 2. The van der Waals surface area contributed by atoms with Gasteiger partial charge in [0.05, 0.1) is 26.1 Å². The molecule has 178 valence electrons. The van der Waals surface area contributed by atoms with E-state index in [0.717, 1.165) is 93.4 Å². The molecule has 7 nitrogen and oxygen atoms in total. The maximum atomic E-state index is 12.5. The zero-order valence-corrected chi connectivity index (χ0v) is 19.9. The summed E-state index contributed by atoms with van der Waals surface area (Å²) in [7, 11) is 3.40. The molecule has 7 heteroatoms. The van der Waals surface area contributed by atoms with E-state index in [1.165, 1.54) is 6.42 Å². The van der Waals surface area contributed by atoms with Crippen molar-refractivity contribution in [3.8, 4) is 11.5 Å². The number of rotatable bonds is 7. The number of anilines is 2. The fourth-order valence-electron chi connectivity index (χ4n) is 4.86. The van der Waals surface area contributed by atoms with Crippen LogP contribution in [-0.4, -0.2) is 56.2 Å². The highest BCUT2D eigenvalue weighted by Gasteiger charge is 2.22. The average molecular weight is 453 g/mol. The van der Waals surface area contributed by atoms with Crippen LogP contribution in [0.2, 0.25) is 0 Å². The van der Waals surface area contributed by atoms with E-state index in [9.17, 15) is 4.79 Å². The third kappa shape index (κ3) is 6.16. The van der Waals surface area contributed by atoms with E-state index >= 15 is 0 Å². The van der Waals surface area contributed by atoms with Crippen LogP contribution in [0, 0.1) is 5.92 Å². The molecule has 1 amide bonds. The third-order valence-electron chi connectivity index (χ3n) is 6.79. The molecule has 4 rings (SSSR count). The first kappa shape index (κ1) is 23.4. The van der Waals surface area contributed by atoms with Crippen LogP contribution in [0.5, 0.6) is 11.5 Å². The smallest absolute Gasteiger partial charge is 0.227 e. The molecule has 1 aromatic heterocycles. The lowest BCUT2D eigenvalue weighted by molar-refractivity contribution is -0.120. The molecule has 1 saturated heterocycles. The lowest BCUT2D eigenvalue weighted by atomic mass is 9.88. The second kappa shape index (κ2) is 11.4. The standard InChI is InChI=1S/C26H36N4O3/c1-32-23-10-11-24(33-2)21(17-23)19-29-13-6-14-30(16-15-29)25-12-9-22(18-27-25)28-26(31)20-7-4-3-5-8-20/h9-12,17-18,20H,3-8,13-16,19H2,1-2H3,(H,28,31). The van der Waals surface area contributed by atoms with Crippen LogP contribution in [0.15, 0.2) is 36.5 Å². The van der Waals surface area contributed by atoms with E-state index in [1.807, 2.05) is 24.3 Å². The molecule has 1 saturated carbocycles. The van der Waals surface area contributed by atoms with E-state index in [-0.39, 0.29) is 11.8 Å². The number of nitrogens with one attached hydrogen (secondary N) is 1. The van der Waals surface area contributed by atoms with Gasteiger partial charge in [0.1, 0.15) is 17.3 Å². The van der Waals surface area contributed by atoms with Crippen molar-refractivity contribution in [2.45, 2.75) is 45.1 Å². The number of benzene rings is 1. The van der Waals surface area contributed by atoms with Gasteiger partial charge in [-0.25, -0.2) is 4.98 Å². The third-order valence-corrected chi connectivity index (χ3v) is 6.79. The normalized spacial score (nSPS) is 17.9. The second-order valence-electron chi connectivity index (χ2n) is 9.02. The van der Waals surface area contributed by atoms with Crippen molar-refractivity contribution in [1.29, 1.82) is 0 Å². The Balaban J connectivity index is 1.32. The molecule has 1 aliphatic heterocycles. The van der Waals surface area contributed by atoms with Gasteiger partial charge in [0.25, 0.3) is 0 Å². The Morgan fingerprint density at radius 3 is 2.58 bits per heavy atom. The summed E-state index contributed by atoms with van der Waals surface area (Å²) in [5.41, 5.74) is 1.93. The summed E-state index contributed by atoms with van der Waals surface area (Å²) in [5, 5.41) is 3.06. The van der Waals surface area contributed by atoms with Gasteiger partial charge in [-0.1, -0.05) is 19.3 Å². The van der Waals surface area contributed by atoms with E-state index in [1.54, 1.807) is 20.4 Å². The van der Waals surface area contributed by atoms with Crippen molar-refractivity contribution in [3.05, 3.63) is 42.1 Å². The number of carbonyl (C=O) groups is 1. The molecule has 33 heavy (non-hydrogen) atoms. The summed E-state index contributed by atoms with van der Waals surface area (Å²) in [4.78, 5) is 21.9. The Morgan fingerprint density at radius 1 is 1.00 bits per heavy atom. The fraction of sp³-hybridized carbons (Fsp3) is 0.538. The van der Waals surface area contributed by atoms with Gasteiger partial charge in [-0.05, 0) is 49.6 Å². The van der Waals surface area contributed by atoms with Crippen molar-refractivity contribution in [1.82, 2.24) is 9.88 Å². The molecule has 0 radical (unpaired) electrons. The number of hydrogen-bond donors (Lipinski definition) is 1. The molecule has 0 atom stereocenters. The van der Waals surface area contributed by atoms with E-state index in [4.69, 9.17) is 9.47 Å². The summed E-state index contributed by atoms with van der Waals surface area (Å²) < 4.78 is 10.9. The number of aromatic nitrogens is 1. The van der Waals surface area contributed by atoms with E-state index in [2.05, 4.69) is 26.2 Å². The Kier molecular flexibility index (Phi) is 8.05. The molecule has 2 aliphatic rings. The van der Waals surface area contributed by atoms with Gasteiger partial charge in [0.15, 0.2) is 0 Å². The molecule has 2 heterocycles. The predicted octanol–water partition coefficient (Wildman–Crippen LogP) is 4.33. The molecular formula is C26H36N4O3. The van der Waals surface area contributed by atoms with Crippen molar-refractivity contribution >= 4 is 17.4 Å². The largest absolute Gasteiger partial charge is 0.497 e. The molecular weight excluding hydrogens is 416 g/mol. The summed E-state index contributed by atoms with van der Waals surface area (Å²) >= 11 is 0. The molecule has 0 spiro atoms. The minimum atomic E-state index is 0.141. The van der Waals surface area contributed by atoms with Crippen LogP contribution in [0.1, 0.15) is 44.1 Å². The highest BCUT2D eigenvalue weighted by Crippen LogP contribution is 2.27. The molecule has 2 aromatic rings. The van der Waals surface area contributed by atoms with Gasteiger partial charge < -0.3 is 19.7 Å². The van der Waals surface area contributed by atoms with Crippen LogP contribution in [0.25, 0.3) is 0 Å². The Morgan fingerprint density at radius 2 is 1.85 bits per heavy atom. The summed E-state index contributed by atoms with van der Waals surface area (Å²) in [6, 6.07) is 9.96. The minimum Gasteiger partial charge on any atom is -0.497 e. The molecule has 1 aliphatic carbocycles. The lowest BCUT2D eigenvalue weighted by Gasteiger charge is -2.24. The highest BCUT2D eigenvalue weighted by atomic mass is 16.5. The predicted molar refractivity (Wildman–Crippen MR) is 131 cm³/mol. The van der Waals surface area contributed by atoms with Crippen molar-refractivity contribution in [2.24, 2.45) is 5.92 Å². The Labute approximate surface area is 197 Å². The number of amides is 1. The minimum absolute atomic E-state index is 0.141. The zero-order valence-electron chi connectivity index (χ0n) is 19.9. The molecule has 0 bridgehead atoms. The zero-order chi connectivity index (χ0) is 23.0. The Bertz CT molecular complexity index is 912. The van der Waals surface area contributed by atoms with Crippen LogP contribution in [0.4, 0.5) is 11.5 Å². The highest BCUT2D eigenvalue weighted by molar-refractivity contribution is 5.92. The maximum absolute atomic E-state index is 12.5. The van der Waals surface area contributed by atoms with Crippen molar-refractivity contribution < 1.29 is 14.3 Å². The topological polar surface area (TPSA) is 66.9 Å². The number of carbonyl (C=O) groups excluding carboxylic acids is 1. The Hall–Kier alpha value is -2.80. The number of pyridine rings is 1. The SMILES string of the molecule is COc1ccc(OC)c(CN2CCCN(c3ccc(NC(=O)C4CCCCC4)cn3)CC2)c1. The first-order chi connectivity index (χ1) is 16.2. The summed E-state index contributed by atoms with van der Waals surface area (Å²) in [6.45, 7) is 4.67. The lowest BCUT2D eigenvalue weighted by Crippen LogP contribution is -2.31. The van der Waals surface area contributed by atoms with Gasteiger partial charge >= 0.3 is 0 Å². The summed E-state index contributed by atoms with van der Waals surface area (Å²) in [5.74, 6) is 3.00. The number of hydrogen-bond acceptors (Lipinski definition) is 6. The first-order valence-electron chi connectivity index (χ1n) is 12.1. The molecule has 1 aromatic carbocycles. The first-order valence-corrected chi connectivity index (χ1v) is 12.1. The summed E-state index contributed by atoms with van der Waals surface area (Å²) in [6.07, 6.45) is 8.43. The molecule has 2 fully saturated rings.